The maximum atomic E-state index is 9.43. The summed E-state index contributed by atoms with van der Waals surface area (Å²) < 4.78 is 5.37. The highest BCUT2D eigenvalue weighted by Crippen LogP contribution is 2.29. The van der Waals surface area contributed by atoms with E-state index in [-0.39, 0.29) is 12.0 Å². The van der Waals surface area contributed by atoms with Crippen molar-refractivity contribution in [2.24, 2.45) is 11.8 Å². The van der Waals surface area contributed by atoms with Gasteiger partial charge < -0.3 is 9.84 Å². The Labute approximate surface area is 68.6 Å². The SMILES string of the molecule is CCC1C[C@H](C)C(C)[C@H](O)O1. The quantitative estimate of drug-likeness (QED) is 0.630. The summed E-state index contributed by atoms with van der Waals surface area (Å²) in [5.74, 6) is 0.876. The summed E-state index contributed by atoms with van der Waals surface area (Å²) in [6.07, 6.45) is 1.84. The maximum Gasteiger partial charge on any atom is 0.157 e. The summed E-state index contributed by atoms with van der Waals surface area (Å²) >= 11 is 0. The molecule has 1 saturated heterocycles. The zero-order chi connectivity index (χ0) is 8.43. The molecule has 0 amide bonds. The number of ether oxygens (including phenoxy) is 1. The molecule has 1 N–H and O–H groups in total. The van der Waals surface area contributed by atoms with E-state index in [9.17, 15) is 5.11 Å². The average Bonchev–Trinajstić information content (AvgIpc) is 1.99. The van der Waals surface area contributed by atoms with Gasteiger partial charge in [-0.25, -0.2) is 0 Å². The molecular formula is C9H18O2. The zero-order valence-corrected chi connectivity index (χ0v) is 7.58. The van der Waals surface area contributed by atoms with Crippen LogP contribution in [-0.4, -0.2) is 17.5 Å². The number of hydrogen-bond donors (Lipinski definition) is 1. The molecule has 2 unspecified atom stereocenters. The molecule has 1 aliphatic heterocycles. The first-order valence-electron chi connectivity index (χ1n) is 4.48. The van der Waals surface area contributed by atoms with Crippen LogP contribution in [0, 0.1) is 11.8 Å². The molecule has 66 valence electrons. The van der Waals surface area contributed by atoms with Gasteiger partial charge in [0.2, 0.25) is 0 Å². The second kappa shape index (κ2) is 3.55. The van der Waals surface area contributed by atoms with Gasteiger partial charge in [0.1, 0.15) is 0 Å². The minimum Gasteiger partial charge on any atom is -0.368 e. The van der Waals surface area contributed by atoms with Crippen LogP contribution in [-0.2, 0) is 4.74 Å². The Morgan fingerprint density at radius 2 is 2.09 bits per heavy atom. The van der Waals surface area contributed by atoms with Crippen molar-refractivity contribution in [3.05, 3.63) is 0 Å². The molecule has 2 heteroatoms. The summed E-state index contributed by atoms with van der Waals surface area (Å²) in [7, 11) is 0. The summed E-state index contributed by atoms with van der Waals surface area (Å²) in [6, 6.07) is 0. The molecule has 0 aromatic heterocycles. The minimum atomic E-state index is -0.538. The molecule has 0 aliphatic carbocycles. The number of hydrogen-bond acceptors (Lipinski definition) is 2. The van der Waals surface area contributed by atoms with Crippen LogP contribution in [0.15, 0.2) is 0 Å². The average molecular weight is 158 g/mol. The fourth-order valence-corrected chi connectivity index (χ4v) is 1.55. The highest BCUT2D eigenvalue weighted by molar-refractivity contribution is 4.74. The first-order chi connectivity index (χ1) is 5.15. The molecule has 1 fully saturated rings. The molecule has 0 saturated carbocycles. The Balaban J connectivity index is 2.47. The number of rotatable bonds is 1. The minimum absolute atomic E-state index is 0.274. The van der Waals surface area contributed by atoms with E-state index < -0.39 is 6.29 Å². The first-order valence-corrected chi connectivity index (χ1v) is 4.48. The molecule has 0 aromatic carbocycles. The summed E-state index contributed by atoms with van der Waals surface area (Å²) in [6.45, 7) is 6.32. The van der Waals surface area contributed by atoms with Gasteiger partial charge in [0.15, 0.2) is 6.29 Å². The Morgan fingerprint density at radius 1 is 1.45 bits per heavy atom. The zero-order valence-electron chi connectivity index (χ0n) is 7.58. The predicted octanol–water partition coefficient (Wildman–Crippen LogP) is 1.78. The van der Waals surface area contributed by atoms with Crippen molar-refractivity contribution >= 4 is 0 Å². The molecule has 11 heavy (non-hydrogen) atoms. The van der Waals surface area contributed by atoms with Crippen LogP contribution in [0.4, 0.5) is 0 Å². The van der Waals surface area contributed by atoms with Gasteiger partial charge in [0.25, 0.3) is 0 Å². The fraction of sp³-hybridized carbons (Fsp3) is 1.00. The van der Waals surface area contributed by atoms with Crippen molar-refractivity contribution in [3.63, 3.8) is 0 Å². The topological polar surface area (TPSA) is 29.5 Å². The van der Waals surface area contributed by atoms with E-state index >= 15 is 0 Å². The van der Waals surface area contributed by atoms with E-state index in [1.807, 2.05) is 6.92 Å². The van der Waals surface area contributed by atoms with E-state index in [4.69, 9.17) is 4.74 Å². The van der Waals surface area contributed by atoms with Crippen LogP contribution in [0.25, 0.3) is 0 Å². The van der Waals surface area contributed by atoms with E-state index in [2.05, 4.69) is 13.8 Å². The lowest BCUT2D eigenvalue weighted by Crippen LogP contribution is -2.38. The highest BCUT2D eigenvalue weighted by atomic mass is 16.6. The molecule has 1 rings (SSSR count). The molecule has 0 radical (unpaired) electrons. The maximum absolute atomic E-state index is 9.43. The number of aliphatic hydroxyl groups is 1. The molecule has 4 atom stereocenters. The Morgan fingerprint density at radius 3 is 2.55 bits per heavy atom. The second-order valence-electron chi connectivity index (χ2n) is 3.63. The molecule has 0 spiro atoms. The normalized spacial score (nSPS) is 45.8. The lowest BCUT2D eigenvalue weighted by Gasteiger charge is -2.35. The van der Waals surface area contributed by atoms with Gasteiger partial charge in [-0.15, -0.1) is 0 Å². The van der Waals surface area contributed by atoms with Crippen LogP contribution in [0.2, 0.25) is 0 Å². The van der Waals surface area contributed by atoms with Gasteiger partial charge in [0.05, 0.1) is 6.10 Å². The van der Waals surface area contributed by atoms with Crippen molar-refractivity contribution in [1.29, 1.82) is 0 Å². The van der Waals surface area contributed by atoms with E-state index in [0.717, 1.165) is 12.8 Å². The largest absolute Gasteiger partial charge is 0.368 e. The van der Waals surface area contributed by atoms with Crippen LogP contribution >= 0.6 is 0 Å². The highest BCUT2D eigenvalue weighted by Gasteiger charge is 2.30. The van der Waals surface area contributed by atoms with Crippen molar-refractivity contribution < 1.29 is 9.84 Å². The van der Waals surface area contributed by atoms with Crippen molar-refractivity contribution in [2.75, 3.05) is 0 Å². The Hall–Kier alpha value is -0.0800. The molecule has 0 bridgehead atoms. The Kier molecular flexibility index (Phi) is 2.90. The predicted molar refractivity (Wildman–Crippen MR) is 44.1 cm³/mol. The third-order valence-corrected chi connectivity index (χ3v) is 2.77. The van der Waals surface area contributed by atoms with Gasteiger partial charge >= 0.3 is 0 Å². The van der Waals surface area contributed by atoms with Crippen LogP contribution in [0.3, 0.4) is 0 Å². The smallest absolute Gasteiger partial charge is 0.157 e. The lowest BCUT2D eigenvalue weighted by atomic mass is 9.87. The molecule has 0 aromatic rings. The van der Waals surface area contributed by atoms with Crippen LogP contribution in [0.1, 0.15) is 33.6 Å². The monoisotopic (exact) mass is 158 g/mol. The van der Waals surface area contributed by atoms with Crippen molar-refractivity contribution in [1.82, 2.24) is 0 Å². The van der Waals surface area contributed by atoms with Crippen LogP contribution < -0.4 is 0 Å². The molecule has 2 nitrogen and oxygen atoms in total. The van der Waals surface area contributed by atoms with Crippen LogP contribution in [0.5, 0.6) is 0 Å². The lowest BCUT2D eigenvalue weighted by molar-refractivity contribution is -0.204. The van der Waals surface area contributed by atoms with Gasteiger partial charge in [-0.05, 0) is 18.8 Å². The van der Waals surface area contributed by atoms with Crippen molar-refractivity contribution in [2.45, 2.75) is 46.0 Å². The third-order valence-electron chi connectivity index (χ3n) is 2.77. The van der Waals surface area contributed by atoms with Gasteiger partial charge in [-0.3, -0.25) is 0 Å². The Bertz CT molecular complexity index is 113. The van der Waals surface area contributed by atoms with E-state index in [1.54, 1.807) is 0 Å². The van der Waals surface area contributed by atoms with Crippen molar-refractivity contribution in [3.8, 4) is 0 Å². The summed E-state index contributed by atoms with van der Waals surface area (Å²) in [5.41, 5.74) is 0. The van der Waals surface area contributed by atoms with Gasteiger partial charge in [-0.1, -0.05) is 20.8 Å². The van der Waals surface area contributed by atoms with E-state index in [1.165, 1.54) is 0 Å². The standard InChI is InChI=1S/C9H18O2/c1-4-8-5-6(2)7(3)9(10)11-8/h6-10H,4-5H2,1-3H3/t6-,7?,8?,9+/m0/s1. The molecule has 1 heterocycles. The fourth-order valence-electron chi connectivity index (χ4n) is 1.55. The summed E-state index contributed by atoms with van der Waals surface area (Å²) in [4.78, 5) is 0. The molecular weight excluding hydrogens is 140 g/mol. The third kappa shape index (κ3) is 1.94. The van der Waals surface area contributed by atoms with E-state index in [0.29, 0.717) is 5.92 Å². The summed E-state index contributed by atoms with van der Waals surface area (Å²) in [5, 5.41) is 9.43. The number of aliphatic hydroxyl groups excluding tert-OH is 1. The molecule has 1 aliphatic rings. The van der Waals surface area contributed by atoms with Gasteiger partial charge in [0, 0.05) is 5.92 Å². The van der Waals surface area contributed by atoms with Gasteiger partial charge in [-0.2, -0.15) is 0 Å². The first kappa shape index (κ1) is 9.01. The second-order valence-corrected chi connectivity index (χ2v) is 3.63.